The Morgan fingerprint density at radius 1 is 0.510 bits per heavy atom. The van der Waals surface area contributed by atoms with E-state index in [1.165, 1.54) is 185 Å². The molecule has 16 fully saturated rings. The Hall–Kier alpha value is -5.98. The molecule has 9 aromatic rings. The van der Waals surface area contributed by atoms with Crippen LogP contribution in [0.4, 0.5) is 0 Å². The van der Waals surface area contributed by atoms with E-state index in [2.05, 4.69) is 125 Å². The molecule has 0 unspecified atom stereocenters. The van der Waals surface area contributed by atoms with Gasteiger partial charge < -0.3 is 34.5 Å². The molecule has 102 heavy (non-hydrogen) atoms. The van der Waals surface area contributed by atoms with Crippen molar-refractivity contribution in [1.29, 1.82) is 0 Å². The second-order valence-electron chi connectivity index (χ2n) is 35.1. The number of halogens is 1. The van der Waals surface area contributed by atoms with Crippen molar-refractivity contribution < 1.29 is 9.47 Å². The van der Waals surface area contributed by atoms with Crippen molar-refractivity contribution in [2.75, 3.05) is 20.8 Å². The Balaban J connectivity index is 0.0000000998. The maximum Gasteiger partial charge on any atom is 0.136 e. The largest absolute Gasteiger partial charge is 0.497 e. The molecule has 16 saturated carbocycles. The summed E-state index contributed by atoms with van der Waals surface area (Å²) >= 11 is 9.65. The molecule has 6 aromatic heterocycles. The average Bonchev–Trinajstić information content (AvgIpc) is 0.847. The number of nitrogens with one attached hydrogen (secondary N) is 4. The number of benzene rings is 3. The summed E-state index contributed by atoms with van der Waals surface area (Å²) < 4.78 is 13.1. The number of hydrogen-bond donors (Lipinski definition) is 4. The highest BCUT2D eigenvalue weighted by molar-refractivity contribution is 7.11. The van der Waals surface area contributed by atoms with Crippen LogP contribution in [0.15, 0.2) is 110 Å². The fraction of sp³-hybridized carbons (Fsp3) is 0.588. The minimum absolute atomic E-state index is 0.238. The number of thiazole rings is 2. The summed E-state index contributed by atoms with van der Waals surface area (Å²) in [6, 6.07) is 26.4. The molecule has 16 aliphatic rings. The van der Waals surface area contributed by atoms with Crippen LogP contribution in [-0.4, -0.2) is 92.0 Å². The van der Waals surface area contributed by atoms with E-state index in [4.69, 9.17) is 31.0 Å². The maximum absolute atomic E-state index is 5.91. The number of methoxy groups -OCH3 is 2. The van der Waals surface area contributed by atoms with Crippen molar-refractivity contribution in [3.8, 4) is 11.5 Å². The van der Waals surface area contributed by atoms with Gasteiger partial charge in [0.1, 0.15) is 28.8 Å². The minimum atomic E-state index is 0.238. The Kier molecular flexibility index (Phi) is 18.7. The molecule has 538 valence electrons. The highest BCUT2D eigenvalue weighted by atomic mass is 35.5. The van der Waals surface area contributed by atoms with Crippen molar-refractivity contribution in [3.63, 3.8) is 0 Å². The first-order chi connectivity index (χ1) is 49.7. The number of pyridine rings is 1. The first kappa shape index (κ1) is 67.9. The molecule has 0 saturated heterocycles. The van der Waals surface area contributed by atoms with Gasteiger partial charge in [-0.05, 0) is 293 Å². The predicted molar refractivity (Wildman–Crippen MR) is 412 cm³/mol. The number of H-pyrrole nitrogens is 2. The number of ether oxygens (including phenoxy) is 2. The third-order valence-corrected chi connectivity index (χ3v) is 29.6. The van der Waals surface area contributed by atoms with Gasteiger partial charge in [0.15, 0.2) is 0 Å². The zero-order valence-electron chi connectivity index (χ0n) is 60.7. The molecule has 4 N–H and O–H groups in total. The lowest BCUT2D eigenvalue weighted by atomic mass is 9.52. The van der Waals surface area contributed by atoms with Crippen LogP contribution >= 0.6 is 34.3 Å². The summed E-state index contributed by atoms with van der Waals surface area (Å²) in [5.41, 5.74) is 9.19. The van der Waals surface area contributed by atoms with Crippen molar-refractivity contribution in [3.05, 3.63) is 157 Å². The van der Waals surface area contributed by atoms with Gasteiger partial charge in [0.05, 0.1) is 71.3 Å². The van der Waals surface area contributed by atoms with Gasteiger partial charge in [-0.3, -0.25) is 9.80 Å². The molecule has 6 heterocycles. The van der Waals surface area contributed by atoms with Crippen LogP contribution in [0.25, 0.3) is 33.8 Å². The molecule has 0 amide bonds. The molecule has 17 heteroatoms. The number of rotatable bonds is 19. The van der Waals surface area contributed by atoms with Crippen LogP contribution in [0.5, 0.6) is 11.5 Å². The fourth-order valence-corrected chi connectivity index (χ4v) is 26.7. The smallest absolute Gasteiger partial charge is 0.136 e. The van der Waals surface area contributed by atoms with Gasteiger partial charge in [-0.15, -0.1) is 22.7 Å². The van der Waals surface area contributed by atoms with E-state index in [-0.39, 0.29) is 5.54 Å². The van der Waals surface area contributed by atoms with E-state index in [0.717, 1.165) is 166 Å². The summed E-state index contributed by atoms with van der Waals surface area (Å²) in [6.45, 7) is 9.91. The molecule has 3 aromatic carbocycles. The second kappa shape index (κ2) is 28.1. The summed E-state index contributed by atoms with van der Waals surface area (Å²) in [6.07, 6.45) is 47.4. The molecule has 16 bridgehead atoms. The van der Waals surface area contributed by atoms with Crippen LogP contribution in [0.2, 0.25) is 5.02 Å². The van der Waals surface area contributed by atoms with E-state index in [9.17, 15) is 0 Å². The normalized spacial score (nSPS) is 33.0. The van der Waals surface area contributed by atoms with Crippen LogP contribution in [-0.2, 0) is 32.7 Å². The summed E-state index contributed by atoms with van der Waals surface area (Å²) in [5.74, 6) is 15.4. The lowest BCUT2D eigenvalue weighted by molar-refractivity contribution is -0.0976. The molecule has 0 spiro atoms. The van der Waals surface area contributed by atoms with E-state index in [1.807, 2.05) is 77.4 Å². The standard InChI is InChI=1S/C28H33N5O2.C20H27N3S2.C19H24ClN.C18H23N3/c1-34-20-3-5-22-24(10-20)31-26(29-22)15-33(28-12-17-7-18(13-28)9-19(8-17)14-28)16-27-30-23-6-4-21(35-2)11-25(23)32-27;1-13-21-9-18(24-13)11-23(12-19-10-22-14(2)25-19)20-6-15-3-16(7-20)5-17(4-15)8-20;20-18-5-3-14(4-6-18)2-1-7-21-19-11-15-8-16(12-19)10-17(9-15)13-19;1-2-4-21-16(11-19-17(21)3-1)12-20-18-8-13-5-14(9-18)7-15(6-13)10-18/h3-6,10-11,17-19H,7-9,12-16H2,1-2H3,(H,29,31)(H,30,32);9-10,15-17H,3-8,11-12H2,1-2H3;1-6,15-17,21H,7-13H2;1-4,11,13-15,20H,5-10,12H2/b;;2-1+;. The van der Waals surface area contributed by atoms with Crippen LogP contribution in [0.1, 0.15) is 197 Å². The summed E-state index contributed by atoms with van der Waals surface area (Å²) in [4.78, 5) is 39.0. The average molecular weight is 1430 g/mol. The van der Waals surface area contributed by atoms with Crippen LogP contribution in [0, 0.1) is 84.9 Å². The zero-order chi connectivity index (χ0) is 68.7. The van der Waals surface area contributed by atoms with Gasteiger partial charge in [0.25, 0.3) is 0 Å². The van der Waals surface area contributed by atoms with Gasteiger partial charge in [0, 0.05) is 93.8 Å². The Morgan fingerprint density at radius 2 is 0.931 bits per heavy atom. The molecule has 25 rings (SSSR count). The predicted octanol–water partition coefficient (Wildman–Crippen LogP) is 18.9. The van der Waals surface area contributed by atoms with E-state index >= 15 is 0 Å². The number of aryl methyl sites for hydroxylation is 2. The van der Waals surface area contributed by atoms with E-state index in [0.29, 0.717) is 16.6 Å². The SMILES string of the molecule is COc1ccc2nc(CN(Cc3nc4ccc(OC)cc4[nH]3)C34CC5CC(CC(C5)C3)C4)[nH]c2c1.Cc1ncc(CN(Cc2cnc(C)s2)C23CC4CC(CC(C4)C2)C3)s1.Clc1ccc(/C=C/CNC23CC4CC(CC(C4)C2)C3)cc1.c1ccn2c(CNC34CC5CC(CC(C5)C3)C4)cnc2c1. The van der Waals surface area contributed by atoms with Crippen LogP contribution < -0.4 is 20.1 Å². The van der Waals surface area contributed by atoms with Gasteiger partial charge in [-0.2, -0.15) is 0 Å². The Morgan fingerprint density at radius 3 is 1.35 bits per heavy atom. The number of hydrogen-bond acceptors (Lipinski definition) is 13. The van der Waals surface area contributed by atoms with E-state index < -0.39 is 0 Å². The van der Waals surface area contributed by atoms with Gasteiger partial charge in [0.2, 0.25) is 0 Å². The minimum Gasteiger partial charge on any atom is -0.497 e. The molecular weight excluding hydrogens is 1320 g/mol. The van der Waals surface area contributed by atoms with Crippen molar-refractivity contribution in [2.24, 2.45) is 71.0 Å². The Labute approximate surface area is 616 Å². The first-order valence-corrected chi connectivity index (χ1v) is 41.4. The van der Waals surface area contributed by atoms with Crippen molar-refractivity contribution >= 4 is 68.1 Å². The number of fused-ring (bicyclic) bond motifs is 3. The number of aromatic amines is 2. The quantitative estimate of drug-likeness (QED) is 0.0613. The monoisotopic (exact) mass is 1430 g/mol. The third-order valence-electron chi connectivity index (χ3n) is 27.5. The maximum atomic E-state index is 5.91. The number of aromatic nitrogens is 8. The second-order valence-corrected chi connectivity index (χ2v) is 38.2. The molecule has 16 aliphatic carbocycles. The van der Waals surface area contributed by atoms with Crippen molar-refractivity contribution in [1.82, 2.24) is 59.7 Å². The molecule has 0 aliphatic heterocycles. The number of imidazole rings is 3. The molecule has 0 atom stereocenters. The highest BCUT2D eigenvalue weighted by Gasteiger charge is 2.56. The van der Waals surface area contributed by atoms with Gasteiger partial charge in [-0.25, -0.2) is 24.9 Å². The summed E-state index contributed by atoms with van der Waals surface area (Å²) in [7, 11) is 3.41. The van der Waals surface area contributed by atoms with Gasteiger partial charge in [-0.1, -0.05) is 42.0 Å². The number of nitrogens with zero attached hydrogens (tertiary/aromatic N) is 8. The summed E-state index contributed by atoms with van der Waals surface area (Å²) in [5, 5.41) is 11.0. The van der Waals surface area contributed by atoms with E-state index in [1.54, 1.807) is 14.2 Å². The van der Waals surface area contributed by atoms with Crippen molar-refractivity contribution in [2.45, 2.75) is 223 Å². The Bertz CT molecular complexity index is 4180. The third kappa shape index (κ3) is 14.4. The topological polar surface area (TPSA) is 149 Å². The van der Waals surface area contributed by atoms with Gasteiger partial charge >= 0.3 is 0 Å². The highest BCUT2D eigenvalue weighted by Crippen LogP contribution is 2.61. The fourth-order valence-electron chi connectivity index (χ4n) is 25.0. The lowest BCUT2D eigenvalue weighted by Gasteiger charge is -2.60. The first-order valence-electron chi connectivity index (χ1n) is 39.4. The lowest BCUT2D eigenvalue weighted by Crippen LogP contribution is -2.59. The zero-order valence-corrected chi connectivity index (χ0v) is 63.1. The molecular formula is C85H107ClN12O2S2. The molecule has 0 radical (unpaired) electrons. The molecule has 14 nitrogen and oxygen atoms in total. The van der Waals surface area contributed by atoms with Crippen LogP contribution in [0.3, 0.4) is 0 Å².